The lowest BCUT2D eigenvalue weighted by Gasteiger charge is -2.34. The maximum atomic E-state index is 13.4. The van der Waals surface area contributed by atoms with Crippen molar-refractivity contribution >= 4 is 43.6 Å². The Kier molecular flexibility index (Phi) is 4.16. The minimum absolute atomic E-state index is 0.0293. The molecule has 0 N–H and O–H groups in total. The number of halogens is 1. The number of para-hydroxylation sites is 1. The zero-order chi connectivity index (χ0) is 19.1. The van der Waals surface area contributed by atoms with E-state index in [1.165, 1.54) is 23.5 Å². The number of nitrogens with zero attached hydrogens (tertiary/aromatic N) is 6. The monoisotopic (exact) mass is 396 g/mol. The van der Waals surface area contributed by atoms with Crippen molar-refractivity contribution in [3.05, 3.63) is 48.3 Å². The smallest absolute Gasteiger partial charge is 0.244 e. The number of fused-ring (bicyclic) bond motifs is 2. The molecule has 4 aromatic rings. The highest BCUT2D eigenvalue weighted by molar-refractivity contribution is 7.22. The van der Waals surface area contributed by atoms with Crippen molar-refractivity contribution in [2.24, 2.45) is 0 Å². The van der Waals surface area contributed by atoms with Crippen LogP contribution in [-0.2, 0) is 11.3 Å². The Hall–Kier alpha value is -3.07. The molecular formula is C19H17FN6OS. The first-order valence-corrected chi connectivity index (χ1v) is 9.86. The summed E-state index contributed by atoms with van der Waals surface area (Å²) < 4.78 is 15.9. The Bertz CT molecular complexity index is 1160. The van der Waals surface area contributed by atoms with E-state index in [9.17, 15) is 9.18 Å². The third-order valence-electron chi connectivity index (χ3n) is 4.95. The normalized spacial score (nSPS) is 14.9. The number of anilines is 1. The number of thiazole rings is 1. The number of amides is 1. The first-order chi connectivity index (χ1) is 13.7. The molecule has 7 nitrogen and oxygen atoms in total. The third-order valence-corrected chi connectivity index (χ3v) is 6.03. The molecule has 1 aliphatic rings. The topological polar surface area (TPSA) is 67.2 Å². The molecule has 2 aromatic heterocycles. The number of hydrogen-bond donors (Lipinski definition) is 0. The van der Waals surface area contributed by atoms with Gasteiger partial charge in [-0.05, 0) is 30.3 Å². The molecule has 142 valence electrons. The van der Waals surface area contributed by atoms with Crippen molar-refractivity contribution in [1.82, 2.24) is 24.9 Å². The highest BCUT2D eigenvalue weighted by atomic mass is 32.1. The van der Waals surface area contributed by atoms with Crippen LogP contribution in [0, 0.1) is 5.82 Å². The average Bonchev–Trinajstić information content (AvgIpc) is 3.32. The number of aromatic nitrogens is 4. The molecule has 1 saturated heterocycles. The van der Waals surface area contributed by atoms with Gasteiger partial charge in [0.25, 0.3) is 0 Å². The Labute approximate surface area is 164 Å². The van der Waals surface area contributed by atoms with Crippen LogP contribution in [0.5, 0.6) is 0 Å². The minimum atomic E-state index is -0.251. The van der Waals surface area contributed by atoms with E-state index >= 15 is 0 Å². The number of piperazine rings is 1. The van der Waals surface area contributed by atoms with Gasteiger partial charge in [-0.15, -0.1) is 5.10 Å². The largest absolute Gasteiger partial charge is 0.345 e. The van der Waals surface area contributed by atoms with Gasteiger partial charge in [-0.1, -0.05) is 28.7 Å². The second kappa shape index (κ2) is 6.83. The van der Waals surface area contributed by atoms with Gasteiger partial charge < -0.3 is 9.80 Å². The number of carbonyl (C=O) groups excluding carboxylic acids is 1. The zero-order valence-electron chi connectivity index (χ0n) is 15.0. The Morgan fingerprint density at radius 1 is 1.07 bits per heavy atom. The van der Waals surface area contributed by atoms with Gasteiger partial charge in [-0.25, -0.2) is 14.1 Å². The molecule has 1 aliphatic heterocycles. The molecule has 0 atom stereocenters. The van der Waals surface area contributed by atoms with Crippen molar-refractivity contribution in [3.63, 3.8) is 0 Å². The molecule has 0 saturated carbocycles. The lowest BCUT2D eigenvalue weighted by atomic mass is 10.3. The quantitative estimate of drug-likeness (QED) is 0.532. The standard InChI is InChI=1S/C19H17FN6OS/c20-13-5-6-15-17(11-13)28-19(21-15)25-9-7-24(8-10-25)18(27)12-26-16-4-2-1-3-14(16)22-23-26/h1-6,11H,7-10,12H2. The van der Waals surface area contributed by atoms with Crippen molar-refractivity contribution in [3.8, 4) is 0 Å². The van der Waals surface area contributed by atoms with Gasteiger partial charge in [-0.2, -0.15) is 0 Å². The van der Waals surface area contributed by atoms with Crippen molar-refractivity contribution in [1.29, 1.82) is 0 Å². The second-order valence-electron chi connectivity index (χ2n) is 6.71. The molecule has 1 amide bonds. The molecule has 0 radical (unpaired) electrons. The third kappa shape index (κ3) is 3.07. The molecular weight excluding hydrogens is 379 g/mol. The summed E-state index contributed by atoms with van der Waals surface area (Å²) in [4.78, 5) is 21.3. The van der Waals surface area contributed by atoms with Crippen LogP contribution >= 0.6 is 11.3 Å². The zero-order valence-corrected chi connectivity index (χ0v) is 15.8. The van der Waals surface area contributed by atoms with Gasteiger partial charge in [0.15, 0.2) is 5.13 Å². The Balaban J connectivity index is 1.25. The summed E-state index contributed by atoms with van der Waals surface area (Å²) in [6.45, 7) is 2.82. The average molecular weight is 396 g/mol. The summed E-state index contributed by atoms with van der Waals surface area (Å²) in [5.41, 5.74) is 2.45. The summed E-state index contributed by atoms with van der Waals surface area (Å²) in [7, 11) is 0. The fourth-order valence-electron chi connectivity index (χ4n) is 3.43. The molecule has 28 heavy (non-hydrogen) atoms. The van der Waals surface area contributed by atoms with Gasteiger partial charge >= 0.3 is 0 Å². The molecule has 9 heteroatoms. The van der Waals surface area contributed by atoms with E-state index in [1.54, 1.807) is 10.7 Å². The fraction of sp³-hybridized carbons (Fsp3) is 0.263. The highest BCUT2D eigenvalue weighted by Gasteiger charge is 2.24. The summed E-state index contributed by atoms with van der Waals surface area (Å²) in [6.07, 6.45) is 0. The van der Waals surface area contributed by atoms with E-state index < -0.39 is 0 Å². The Morgan fingerprint density at radius 3 is 2.75 bits per heavy atom. The molecule has 3 heterocycles. The number of carbonyl (C=O) groups is 1. The summed E-state index contributed by atoms with van der Waals surface area (Å²) in [5, 5.41) is 9.06. The SMILES string of the molecule is O=C(Cn1nnc2ccccc21)N1CCN(c2nc3ccc(F)cc3s2)CC1. The van der Waals surface area contributed by atoms with Crippen molar-refractivity contribution < 1.29 is 9.18 Å². The van der Waals surface area contributed by atoms with Gasteiger partial charge in [0.05, 0.1) is 15.7 Å². The van der Waals surface area contributed by atoms with Crippen LogP contribution in [0.25, 0.3) is 21.3 Å². The fourth-order valence-corrected chi connectivity index (χ4v) is 4.47. The molecule has 5 rings (SSSR count). The van der Waals surface area contributed by atoms with Crippen LogP contribution < -0.4 is 4.90 Å². The van der Waals surface area contributed by atoms with Gasteiger partial charge in [-0.3, -0.25) is 4.79 Å². The van der Waals surface area contributed by atoms with Crippen LogP contribution in [0.15, 0.2) is 42.5 Å². The Morgan fingerprint density at radius 2 is 1.89 bits per heavy atom. The predicted molar refractivity (Wildman–Crippen MR) is 106 cm³/mol. The maximum Gasteiger partial charge on any atom is 0.244 e. The lowest BCUT2D eigenvalue weighted by molar-refractivity contribution is -0.132. The molecule has 0 unspecified atom stereocenters. The minimum Gasteiger partial charge on any atom is -0.345 e. The van der Waals surface area contributed by atoms with Gasteiger partial charge in [0.2, 0.25) is 5.91 Å². The van der Waals surface area contributed by atoms with Crippen LogP contribution in [0.3, 0.4) is 0 Å². The predicted octanol–water partition coefficient (Wildman–Crippen LogP) is 2.53. The van der Waals surface area contributed by atoms with E-state index in [-0.39, 0.29) is 18.3 Å². The van der Waals surface area contributed by atoms with Crippen molar-refractivity contribution in [2.75, 3.05) is 31.1 Å². The van der Waals surface area contributed by atoms with Crippen molar-refractivity contribution in [2.45, 2.75) is 6.54 Å². The molecule has 0 spiro atoms. The molecule has 0 bridgehead atoms. The van der Waals surface area contributed by atoms with E-state index in [1.807, 2.05) is 29.2 Å². The summed E-state index contributed by atoms with van der Waals surface area (Å²) in [6, 6.07) is 12.2. The van der Waals surface area contributed by atoms with Crippen LogP contribution in [0.2, 0.25) is 0 Å². The number of hydrogen-bond acceptors (Lipinski definition) is 6. The van der Waals surface area contributed by atoms with E-state index in [0.717, 1.165) is 26.4 Å². The first-order valence-electron chi connectivity index (χ1n) is 9.04. The van der Waals surface area contributed by atoms with E-state index in [2.05, 4.69) is 20.2 Å². The molecule has 0 aliphatic carbocycles. The molecule has 1 fully saturated rings. The maximum absolute atomic E-state index is 13.4. The summed E-state index contributed by atoms with van der Waals surface area (Å²) in [5.74, 6) is -0.222. The highest BCUT2D eigenvalue weighted by Crippen LogP contribution is 2.29. The van der Waals surface area contributed by atoms with Gasteiger partial charge in [0, 0.05) is 26.2 Å². The van der Waals surface area contributed by atoms with E-state index in [4.69, 9.17) is 0 Å². The number of benzene rings is 2. The number of rotatable bonds is 3. The summed E-state index contributed by atoms with van der Waals surface area (Å²) >= 11 is 1.48. The van der Waals surface area contributed by atoms with Crippen LogP contribution in [0.1, 0.15) is 0 Å². The van der Waals surface area contributed by atoms with Gasteiger partial charge in [0.1, 0.15) is 17.9 Å². The lowest BCUT2D eigenvalue weighted by Crippen LogP contribution is -2.49. The first kappa shape index (κ1) is 17.1. The second-order valence-corrected chi connectivity index (χ2v) is 7.72. The van der Waals surface area contributed by atoms with Crippen LogP contribution in [-0.4, -0.2) is 57.0 Å². The molecule has 2 aromatic carbocycles. The van der Waals surface area contributed by atoms with Crippen LogP contribution in [0.4, 0.5) is 9.52 Å². The van der Waals surface area contributed by atoms with E-state index in [0.29, 0.717) is 26.2 Å².